The highest BCUT2D eigenvalue weighted by Crippen LogP contribution is 2.28. The molecule has 1 aromatic heterocycles. The molecule has 0 spiro atoms. The van der Waals surface area contributed by atoms with Crippen molar-refractivity contribution >= 4 is 23.3 Å². The Hall–Kier alpha value is -2.41. The largest absolute Gasteiger partial charge is 0.444 e. The van der Waals surface area contributed by atoms with Crippen molar-refractivity contribution in [3.63, 3.8) is 0 Å². The van der Waals surface area contributed by atoms with Gasteiger partial charge in [-0.3, -0.25) is 4.79 Å². The maximum atomic E-state index is 12.4. The number of hydrogen-bond donors (Lipinski definition) is 2. The molecule has 1 fully saturated rings. The predicted molar refractivity (Wildman–Crippen MR) is 106 cm³/mol. The first kappa shape index (κ1) is 19.4. The van der Waals surface area contributed by atoms with Crippen LogP contribution >= 0.6 is 11.3 Å². The van der Waals surface area contributed by atoms with E-state index < -0.39 is 11.7 Å². The number of alkyl carbamates (subject to hydrolysis) is 1. The van der Waals surface area contributed by atoms with Crippen molar-refractivity contribution in [2.45, 2.75) is 45.3 Å². The number of nitrogens with one attached hydrogen (secondary N) is 2. The second-order valence-corrected chi connectivity index (χ2v) is 8.82. The molecule has 0 saturated heterocycles. The van der Waals surface area contributed by atoms with Gasteiger partial charge in [0.1, 0.15) is 15.5 Å². The van der Waals surface area contributed by atoms with Crippen molar-refractivity contribution in [2.24, 2.45) is 5.92 Å². The molecule has 0 unspecified atom stereocenters. The van der Waals surface area contributed by atoms with Gasteiger partial charge < -0.3 is 15.4 Å². The molecule has 2 N–H and O–H groups in total. The van der Waals surface area contributed by atoms with Crippen molar-refractivity contribution in [3.05, 3.63) is 41.4 Å². The number of carbonyl (C=O) groups excluding carboxylic acids is 2. The zero-order chi connectivity index (χ0) is 19.4. The quantitative estimate of drug-likeness (QED) is 0.817. The Kier molecular flexibility index (Phi) is 5.79. The van der Waals surface area contributed by atoms with E-state index in [2.05, 4.69) is 15.6 Å². The van der Waals surface area contributed by atoms with Gasteiger partial charge >= 0.3 is 6.09 Å². The number of amides is 2. The molecule has 7 heteroatoms. The van der Waals surface area contributed by atoms with Crippen molar-refractivity contribution in [2.75, 3.05) is 6.54 Å². The minimum absolute atomic E-state index is 0.0850. The molecular formula is C20H25N3O3S. The molecule has 1 aromatic carbocycles. The Bertz CT molecular complexity index is 792. The summed E-state index contributed by atoms with van der Waals surface area (Å²) in [5.41, 5.74) is 0.520. The molecule has 27 heavy (non-hydrogen) atoms. The fourth-order valence-electron chi connectivity index (χ4n) is 2.91. The highest BCUT2D eigenvalue weighted by molar-refractivity contribution is 7.16. The fraction of sp³-hybridized carbons (Fsp3) is 0.450. The van der Waals surface area contributed by atoms with Crippen LogP contribution in [0.4, 0.5) is 4.79 Å². The highest BCUT2D eigenvalue weighted by atomic mass is 32.1. The van der Waals surface area contributed by atoms with E-state index in [4.69, 9.17) is 4.74 Å². The molecule has 1 aliphatic carbocycles. The number of benzene rings is 1. The summed E-state index contributed by atoms with van der Waals surface area (Å²) in [6, 6.07) is 9.97. The zero-order valence-corrected chi connectivity index (χ0v) is 16.6. The summed E-state index contributed by atoms with van der Waals surface area (Å²) in [6.45, 7) is 6.08. The first-order valence-corrected chi connectivity index (χ1v) is 9.91. The van der Waals surface area contributed by atoms with Crippen LogP contribution in [0, 0.1) is 5.92 Å². The topological polar surface area (TPSA) is 80.3 Å². The molecule has 1 saturated carbocycles. The van der Waals surface area contributed by atoms with Crippen LogP contribution < -0.4 is 10.6 Å². The van der Waals surface area contributed by atoms with Crippen LogP contribution in [0.1, 0.15) is 43.3 Å². The Labute approximate surface area is 163 Å². The van der Waals surface area contributed by atoms with E-state index in [1.165, 1.54) is 11.3 Å². The van der Waals surface area contributed by atoms with Crippen LogP contribution in [0.15, 0.2) is 36.5 Å². The first-order chi connectivity index (χ1) is 12.8. The third-order valence-corrected chi connectivity index (χ3v) is 5.30. The zero-order valence-electron chi connectivity index (χ0n) is 15.8. The average molecular weight is 388 g/mol. The summed E-state index contributed by atoms with van der Waals surface area (Å²) in [5, 5.41) is 6.67. The number of aromatic nitrogens is 1. The molecule has 0 radical (unpaired) electrons. The Balaban J connectivity index is 1.41. The second kappa shape index (κ2) is 8.08. The van der Waals surface area contributed by atoms with Gasteiger partial charge in [0.05, 0.1) is 6.20 Å². The lowest BCUT2D eigenvalue weighted by atomic mass is 9.80. The maximum Gasteiger partial charge on any atom is 0.407 e. The molecule has 1 aliphatic rings. The Morgan fingerprint density at radius 2 is 1.93 bits per heavy atom. The Morgan fingerprint density at radius 1 is 1.22 bits per heavy atom. The Morgan fingerprint density at radius 3 is 2.59 bits per heavy atom. The first-order valence-electron chi connectivity index (χ1n) is 9.09. The van der Waals surface area contributed by atoms with Gasteiger partial charge in [-0.1, -0.05) is 30.3 Å². The van der Waals surface area contributed by atoms with Crippen LogP contribution in [0.3, 0.4) is 0 Å². The summed E-state index contributed by atoms with van der Waals surface area (Å²) < 4.78 is 5.22. The summed E-state index contributed by atoms with van der Waals surface area (Å²) >= 11 is 1.39. The lowest BCUT2D eigenvalue weighted by Gasteiger charge is -2.35. The molecule has 3 rings (SSSR count). The van der Waals surface area contributed by atoms with Gasteiger partial charge in [-0.25, -0.2) is 9.78 Å². The molecule has 0 atom stereocenters. The highest BCUT2D eigenvalue weighted by Gasteiger charge is 2.31. The number of hydrogen-bond acceptors (Lipinski definition) is 5. The molecule has 2 amide bonds. The van der Waals surface area contributed by atoms with Gasteiger partial charge in [-0.05, 0) is 39.5 Å². The van der Waals surface area contributed by atoms with Crippen LogP contribution in [0.25, 0.3) is 10.6 Å². The number of ether oxygens (including phenoxy) is 1. The minimum atomic E-state index is -0.493. The van der Waals surface area contributed by atoms with Crippen LogP contribution in [0.2, 0.25) is 0 Å². The van der Waals surface area contributed by atoms with E-state index in [0.29, 0.717) is 17.3 Å². The van der Waals surface area contributed by atoms with Gasteiger partial charge in [-0.15, -0.1) is 11.3 Å². The lowest BCUT2D eigenvalue weighted by molar-refractivity contribution is 0.0500. The number of thiazole rings is 1. The molecule has 6 nitrogen and oxygen atoms in total. The molecule has 0 bridgehead atoms. The van der Waals surface area contributed by atoms with Crippen molar-refractivity contribution in [1.82, 2.24) is 15.6 Å². The van der Waals surface area contributed by atoms with Gasteiger partial charge in [0, 0.05) is 18.2 Å². The monoisotopic (exact) mass is 387 g/mol. The van der Waals surface area contributed by atoms with Crippen LogP contribution in [-0.4, -0.2) is 35.2 Å². The van der Waals surface area contributed by atoms with Crippen LogP contribution in [0.5, 0.6) is 0 Å². The van der Waals surface area contributed by atoms with E-state index in [0.717, 1.165) is 23.4 Å². The van der Waals surface area contributed by atoms with E-state index in [-0.39, 0.29) is 11.9 Å². The SMILES string of the molecule is CC(C)(C)OC(=O)NCC1CC(NC(=O)c2cnc(-c3ccccc3)s2)C1. The molecule has 144 valence electrons. The van der Waals surface area contributed by atoms with Crippen molar-refractivity contribution < 1.29 is 14.3 Å². The summed E-state index contributed by atoms with van der Waals surface area (Å²) in [4.78, 5) is 29.0. The fourth-order valence-corrected chi connectivity index (χ4v) is 3.74. The number of carbonyl (C=O) groups is 2. The maximum absolute atomic E-state index is 12.4. The van der Waals surface area contributed by atoms with Gasteiger partial charge in [0.15, 0.2) is 0 Å². The summed E-state index contributed by atoms with van der Waals surface area (Å²) in [6.07, 6.45) is 2.94. The van der Waals surface area contributed by atoms with Crippen LogP contribution in [-0.2, 0) is 4.74 Å². The third kappa shape index (κ3) is 5.53. The minimum Gasteiger partial charge on any atom is -0.444 e. The summed E-state index contributed by atoms with van der Waals surface area (Å²) in [5.74, 6) is 0.280. The molecule has 0 aliphatic heterocycles. The van der Waals surface area contributed by atoms with Gasteiger partial charge in [0.25, 0.3) is 5.91 Å². The smallest absolute Gasteiger partial charge is 0.407 e. The van der Waals surface area contributed by atoms with Crippen molar-refractivity contribution in [1.29, 1.82) is 0 Å². The number of nitrogens with zero attached hydrogens (tertiary/aromatic N) is 1. The van der Waals surface area contributed by atoms with E-state index in [1.54, 1.807) is 6.20 Å². The predicted octanol–water partition coefficient (Wildman–Crippen LogP) is 3.84. The van der Waals surface area contributed by atoms with E-state index in [9.17, 15) is 9.59 Å². The van der Waals surface area contributed by atoms with Crippen molar-refractivity contribution in [3.8, 4) is 10.6 Å². The second-order valence-electron chi connectivity index (χ2n) is 7.79. The molecule has 1 heterocycles. The standard InChI is InChI=1S/C20H25N3O3S/c1-20(2,3)26-19(25)22-11-13-9-15(10-13)23-17(24)16-12-21-18(27-16)14-7-5-4-6-8-14/h4-8,12-13,15H,9-11H2,1-3H3,(H,22,25)(H,23,24). The van der Waals surface area contributed by atoms with E-state index in [1.807, 2.05) is 51.1 Å². The van der Waals surface area contributed by atoms with E-state index >= 15 is 0 Å². The molecule has 2 aromatic rings. The molecular weight excluding hydrogens is 362 g/mol. The number of rotatable bonds is 5. The van der Waals surface area contributed by atoms with Gasteiger partial charge in [0.2, 0.25) is 0 Å². The lowest BCUT2D eigenvalue weighted by Crippen LogP contribution is -2.48. The normalized spacial score (nSPS) is 19.1. The van der Waals surface area contributed by atoms with Gasteiger partial charge in [-0.2, -0.15) is 0 Å². The third-order valence-electron chi connectivity index (χ3n) is 4.26. The average Bonchev–Trinajstić information content (AvgIpc) is 3.06. The summed E-state index contributed by atoms with van der Waals surface area (Å²) in [7, 11) is 0.